The van der Waals surface area contributed by atoms with Crippen molar-refractivity contribution in [1.82, 2.24) is 4.57 Å². The first-order valence-electron chi connectivity index (χ1n) is 7.56. The molecular weight excluding hydrogens is 320 g/mol. The quantitative estimate of drug-likeness (QED) is 0.382. The Balaban J connectivity index is 3.37. The first-order chi connectivity index (χ1) is 11.4. The van der Waals surface area contributed by atoms with Crippen LogP contribution in [0.25, 0.3) is 0 Å². The fourth-order valence-corrected chi connectivity index (χ4v) is 2.22. The topological polar surface area (TPSA) is 110 Å². The van der Waals surface area contributed by atoms with Crippen molar-refractivity contribution in [3.05, 3.63) is 33.6 Å². The van der Waals surface area contributed by atoms with Crippen molar-refractivity contribution >= 4 is 11.9 Å². The van der Waals surface area contributed by atoms with Crippen LogP contribution in [-0.2, 0) is 19.0 Å². The van der Waals surface area contributed by atoms with Crippen molar-refractivity contribution in [2.75, 3.05) is 20.3 Å². The Hall–Kier alpha value is -2.42. The molecule has 134 valence electrons. The lowest BCUT2D eigenvalue weighted by atomic mass is 10.2. The van der Waals surface area contributed by atoms with Gasteiger partial charge in [0.15, 0.2) is 0 Å². The highest BCUT2D eigenvalue weighted by Crippen LogP contribution is 2.24. The third-order valence-corrected chi connectivity index (χ3v) is 3.29. The monoisotopic (exact) mass is 342 g/mol. The van der Waals surface area contributed by atoms with E-state index in [1.165, 1.54) is 17.9 Å². The van der Waals surface area contributed by atoms with Crippen molar-refractivity contribution in [3.63, 3.8) is 0 Å². The lowest BCUT2D eigenvalue weighted by Crippen LogP contribution is -2.42. The van der Waals surface area contributed by atoms with Gasteiger partial charge in [0.1, 0.15) is 5.69 Å². The average molecular weight is 342 g/mol. The van der Waals surface area contributed by atoms with Gasteiger partial charge in [-0.25, -0.2) is 9.59 Å². The van der Waals surface area contributed by atoms with Gasteiger partial charge in [0.2, 0.25) is 6.23 Å². The maximum Gasteiger partial charge on any atom is 0.386 e. The summed E-state index contributed by atoms with van der Waals surface area (Å²) in [5, 5.41) is 11.4. The summed E-state index contributed by atoms with van der Waals surface area (Å²) >= 11 is 0. The molecule has 1 aromatic heterocycles. The summed E-state index contributed by atoms with van der Waals surface area (Å²) in [5.74, 6) is -1.70. The van der Waals surface area contributed by atoms with Crippen molar-refractivity contribution in [1.29, 1.82) is 0 Å². The lowest BCUT2D eigenvalue weighted by molar-refractivity contribution is -0.529. The van der Waals surface area contributed by atoms with Crippen LogP contribution in [-0.4, -0.2) is 47.8 Å². The molecule has 0 spiro atoms. The number of aryl methyl sites for hydroxylation is 1. The molecule has 0 aromatic carbocycles. The smallest absolute Gasteiger partial charge is 0.386 e. The SMILES string of the molecule is CCCOC(C(C(=O)OCC)[N+](=O)[O-])n1ccc(C)c1C(=O)OC. The number of methoxy groups -OCH3 is 1. The Morgan fingerprint density at radius 1 is 1.38 bits per heavy atom. The summed E-state index contributed by atoms with van der Waals surface area (Å²) in [6, 6.07) is -0.205. The molecule has 0 saturated carbocycles. The minimum Gasteiger partial charge on any atom is -0.464 e. The summed E-state index contributed by atoms with van der Waals surface area (Å²) in [6.07, 6.45) is 0.719. The van der Waals surface area contributed by atoms with E-state index >= 15 is 0 Å². The van der Waals surface area contributed by atoms with Crippen LogP contribution in [0.1, 0.15) is 42.5 Å². The van der Waals surface area contributed by atoms with Crippen LogP contribution in [0.5, 0.6) is 0 Å². The van der Waals surface area contributed by atoms with Gasteiger partial charge in [-0.1, -0.05) is 6.92 Å². The highest BCUT2D eigenvalue weighted by molar-refractivity contribution is 5.89. The first-order valence-corrected chi connectivity index (χ1v) is 7.56. The van der Waals surface area contributed by atoms with Crippen molar-refractivity contribution < 1.29 is 28.7 Å². The summed E-state index contributed by atoms with van der Waals surface area (Å²) < 4.78 is 16.3. The van der Waals surface area contributed by atoms with Gasteiger partial charge in [0, 0.05) is 17.7 Å². The molecule has 9 nitrogen and oxygen atoms in total. The summed E-state index contributed by atoms with van der Waals surface area (Å²) in [7, 11) is 1.21. The number of rotatable bonds is 9. The zero-order valence-electron chi connectivity index (χ0n) is 14.2. The number of aromatic nitrogens is 1. The number of carbonyl (C=O) groups excluding carboxylic acids is 2. The van der Waals surface area contributed by atoms with Gasteiger partial charge in [0.25, 0.3) is 0 Å². The number of hydrogen-bond donors (Lipinski definition) is 0. The van der Waals surface area contributed by atoms with E-state index in [0.29, 0.717) is 12.0 Å². The van der Waals surface area contributed by atoms with E-state index in [4.69, 9.17) is 14.2 Å². The van der Waals surface area contributed by atoms with E-state index in [1.807, 2.05) is 6.92 Å². The van der Waals surface area contributed by atoms with Gasteiger partial charge in [-0.05, 0) is 31.9 Å². The second-order valence-corrected chi connectivity index (χ2v) is 4.99. The molecule has 1 heterocycles. The molecule has 24 heavy (non-hydrogen) atoms. The van der Waals surface area contributed by atoms with Crippen LogP contribution < -0.4 is 0 Å². The van der Waals surface area contributed by atoms with Gasteiger partial charge >= 0.3 is 18.0 Å². The van der Waals surface area contributed by atoms with Gasteiger partial charge in [0.05, 0.1) is 13.7 Å². The molecule has 0 aliphatic carbocycles. The van der Waals surface area contributed by atoms with E-state index in [2.05, 4.69) is 0 Å². The number of ether oxygens (including phenoxy) is 3. The average Bonchev–Trinajstić information content (AvgIpc) is 2.91. The number of esters is 2. The van der Waals surface area contributed by atoms with Crippen LogP contribution in [0.3, 0.4) is 0 Å². The molecule has 0 radical (unpaired) electrons. The maximum absolute atomic E-state index is 12.0. The highest BCUT2D eigenvalue weighted by atomic mass is 16.6. The third-order valence-electron chi connectivity index (χ3n) is 3.29. The third kappa shape index (κ3) is 4.31. The van der Waals surface area contributed by atoms with Crippen LogP contribution in [0.2, 0.25) is 0 Å². The van der Waals surface area contributed by atoms with Gasteiger partial charge < -0.3 is 18.8 Å². The first kappa shape index (κ1) is 19.6. The molecule has 1 rings (SSSR count). The number of nitro groups is 1. The standard InChI is InChI=1S/C15H22N2O7/c1-5-9-24-13(12(17(20)21)15(19)23-6-2)16-8-7-10(3)11(16)14(18)22-4/h7-8,12-13H,5-6,9H2,1-4H3. The molecule has 2 atom stereocenters. The van der Waals surface area contributed by atoms with Crippen LogP contribution in [0.15, 0.2) is 12.3 Å². The minimum atomic E-state index is -1.80. The Kier molecular flexibility index (Phi) is 7.37. The summed E-state index contributed by atoms with van der Waals surface area (Å²) in [6.45, 7) is 5.21. The van der Waals surface area contributed by atoms with Gasteiger partial charge in [-0.3, -0.25) is 10.1 Å². The minimum absolute atomic E-state index is 0.00175. The predicted molar refractivity (Wildman–Crippen MR) is 83.2 cm³/mol. The molecule has 0 fully saturated rings. The zero-order valence-corrected chi connectivity index (χ0v) is 14.2. The molecule has 9 heteroatoms. The van der Waals surface area contributed by atoms with E-state index in [0.717, 1.165) is 0 Å². The molecule has 1 aromatic rings. The molecule has 0 aliphatic heterocycles. The van der Waals surface area contributed by atoms with Crippen LogP contribution >= 0.6 is 0 Å². The van der Waals surface area contributed by atoms with E-state index < -0.39 is 29.1 Å². The second kappa shape index (κ2) is 9.02. The lowest BCUT2D eigenvalue weighted by Gasteiger charge is -2.23. The van der Waals surface area contributed by atoms with E-state index in [-0.39, 0.29) is 18.9 Å². The Morgan fingerprint density at radius 3 is 2.54 bits per heavy atom. The molecule has 0 N–H and O–H groups in total. The molecule has 0 aliphatic rings. The van der Waals surface area contributed by atoms with Gasteiger partial charge in [-0.15, -0.1) is 0 Å². The number of nitrogens with zero attached hydrogens (tertiary/aromatic N) is 2. The van der Waals surface area contributed by atoms with Crippen LogP contribution in [0.4, 0.5) is 0 Å². The summed E-state index contributed by atoms with van der Waals surface area (Å²) in [4.78, 5) is 34.7. The normalized spacial score (nSPS) is 13.2. The Labute approximate surface area is 139 Å². The fourth-order valence-electron chi connectivity index (χ4n) is 2.22. The fraction of sp³-hybridized carbons (Fsp3) is 0.600. The van der Waals surface area contributed by atoms with E-state index in [1.54, 1.807) is 19.9 Å². The molecule has 0 bridgehead atoms. The predicted octanol–water partition coefficient (Wildman–Crippen LogP) is 1.72. The van der Waals surface area contributed by atoms with Gasteiger partial charge in [-0.2, -0.15) is 0 Å². The number of carbonyl (C=O) groups is 2. The molecule has 2 unspecified atom stereocenters. The molecular formula is C15H22N2O7. The maximum atomic E-state index is 12.0. The molecule has 0 saturated heterocycles. The van der Waals surface area contributed by atoms with Crippen molar-refractivity contribution in [3.8, 4) is 0 Å². The second-order valence-electron chi connectivity index (χ2n) is 4.99. The Bertz CT molecular complexity index is 597. The summed E-state index contributed by atoms with van der Waals surface area (Å²) in [5.41, 5.74) is 0.646. The number of hydrogen-bond acceptors (Lipinski definition) is 7. The molecule has 0 amide bonds. The zero-order chi connectivity index (χ0) is 18.3. The largest absolute Gasteiger partial charge is 0.464 e. The Morgan fingerprint density at radius 2 is 2.04 bits per heavy atom. The van der Waals surface area contributed by atoms with Crippen molar-refractivity contribution in [2.45, 2.75) is 39.5 Å². The van der Waals surface area contributed by atoms with Crippen molar-refractivity contribution in [2.24, 2.45) is 0 Å². The highest BCUT2D eigenvalue weighted by Gasteiger charge is 2.43. The van der Waals surface area contributed by atoms with E-state index in [9.17, 15) is 19.7 Å². The van der Waals surface area contributed by atoms with Crippen LogP contribution in [0, 0.1) is 17.0 Å².